The van der Waals surface area contributed by atoms with E-state index in [1.807, 2.05) is 0 Å². The lowest BCUT2D eigenvalue weighted by molar-refractivity contribution is -0.385. The van der Waals surface area contributed by atoms with Crippen molar-refractivity contribution in [2.24, 2.45) is 11.8 Å². The van der Waals surface area contributed by atoms with Crippen molar-refractivity contribution in [2.75, 3.05) is 11.9 Å². The summed E-state index contributed by atoms with van der Waals surface area (Å²) in [7, 11) is 0. The fourth-order valence-corrected chi connectivity index (χ4v) is 3.10. The van der Waals surface area contributed by atoms with E-state index in [1.165, 1.54) is 37.9 Å². The zero-order chi connectivity index (χ0) is 14.5. The minimum atomic E-state index is -0.494. The lowest BCUT2D eigenvalue weighted by Crippen LogP contribution is -2.17. The SMILES string of the molecule is CC1CCCC(CCNc2ncc([N+](=O)[O-])cc2Cl)C1. The van der Waals surface area contributed by atoms with Gasteiger partial charge in [-0.15, -0.1) is 0 Å². The maximum absolute atomic E-state index is 10.6. The van der Waals surface area contributed by atoms with E-state index in [0.717, 1.165) is 24.8 Å². The first-order chi connectivity index (χ1) is 9.56. The second-order valence-electron chi connectivity index (χ2n) is 5.63. The van der Waals surface area contributed by atoms with Crippen LogP contribution in [0.3, 0.4) is 0 Å². The molecule has 1 aromatic heterocycles. The molecule has 2 rings (SSSR count). The maximum Gasteiger partial charge on any atom is 0.289 e. The fraction of sp³-hybridized carbons (Fsp3) is 0.643. The van der Waals surface area contributed by atoms with E-state index in [0.29, 0.717) is 10.8 Å². The third kappa shape index (κ3) is 4.07. The van der Waals surface area contributed by atoms with E-state index in [1.54, 1.807) is 0 Å². The van der Waals surface area contributed by atoms with Crippen molar-refractivity contribution in [1.29, 1.82) is 0 Å². The summed E-state index contributed by atoms with van der Waals surface area (Å²) < 4.78 is 0. The molecule has 0 saturated heterocycles. The summed E-state index contributed by atoms with van der Waals surface area (Å²) in [6.07, 6.45) is 7.59. The molecule has 0 spiro atoms. The minimum absolute atomic E-state index is 0.0818. The van der Waals surface area contributed by atoms with E-state index < -0.39 is 4.92 Å². The summed E-state index contributed by atoms with van der Waals surface area (Å²) in [6.45, 7) is 3.12. The molecule has 0 radical (unpaired) electrons. The van der Waals surface area contributed by atoms with Crippen LogP contribution in [0.1, 0.15) is 39.0 Å². The molecule has 0 aliphatic heterocycles. The Hall–Kier alpha value is -1.36. The standard InChI is InChI=1S/C14H20ClN3O2/c1-10-3-2-4-11(7-10)5-6-16-14-13(15)8-12(9-17-14)18(19)20/h8-11H,2-7H2,1H3,(H,16,17). The van der Waals surface area contributed by atoms with Crippen LogP contribution in [0.15, 0.2) is 12.3 Å². The second kappa shape index (κ2) is 6.88. The first-order valence-electron chi connectivity index (χ1n) is 7.10. The van der Waals surface area contributed by atoms with E-state index in [2.05, 4.69) is 17.2 Å². The monoisotopic (exact) mass is 297 g/mol. The smallest absolute Gasteiger partial charge is 0.289 e. The highest BCUT2D eigenvalue weighted by Gasteiger charge is 2.18. The Kier molecular flexibility index (Phi) is 5.17. The van der Waals surface area contributed by atoms with Crippen LogP contribution in [0, 0.1) is 22.0 Å². The van der Waals surface area contributed by atoms with Gasteiger partial charge in [-0.1, -0.05) is 37.8 Å². The first kappa shape index (κ1) is 15.0. The van der Waals surface area contributed by atoms with Crippen LogP contribution in [-0.4, -0.2) is 16.5 Å². The molecular formula is C14H20ClN3O2. The zero-order valence-corrected chi connectivity index (χ0v) is 12.4. The van der Waals surface area contributed by atoms with Gasteiger partial charge in [0.05, 0.1) is 9.95 Å². The third-order valence-electron chi connectivity index (χ3n) is 3.93. The van der Waals surface area contributed by atoms with Gasteiger partial charge in [-0.25, -0.2) is 4.98 Å². The Morgan fingerprint density at radius 3 is 3.00 bits per heavy atom. The Morgan fingerprint density at radius 1 is 1.55 bits per heavy atom. The van der Waals surface area contributed by atoms with Gasteiger partial charge < -0.3 is 5.32 Å². The third-order valence-corrected chi connectivity index (χ3v) is 4.22. The summed E-state index contributed by atoms with van der Waals surface area (Å²) in [4.78, 5) is 14.1. The van der Waals surface area contributed by atoms with Gasteiger partial charge in [-0.2, -0.15) is 0 Å². The predicted molar refractivity (Wildman–Crippen MR) is 80.1 cm³/mol. The molecule has 0 aromatic carbocycles. The maximum atomic E-state index is 10.6. The number of anilines is 1. The second-order valence-corrected chi connectivity index (χ2v) is 6.04. The van der Waals surface area contributed by atoms with Crippen LogP contribution < -0.4 is 5.32 Å². The molecule has 5 nitrogen and oxygen atoms in total. The molecule has 1 saturated carbocycles. The van der Waals surface area contributed by atoms with Gasteiger partial charge in [0, 0.05) is 12.6 Å². The highest BCUT2D eigenvalue weighted by molar-refractivity contribution is 6.33. The van der Waals surface area contributed by atoms with Crippen molar-refractivity contribution in [3.05, 3.63) is 27.4 Å². The average molecular weight is 298 g/mol. The number of aromatic nitrogens is 1. The predicted octanol–water partition coefficient (Wildman–Crippen LogP) is 4.27. The lowest BCUT2D eigenvalue weighted by Gasteiger charge is -2.26. The normalized spacial score (nSPS) is 22.5. The molecule has 1 fully saturated rings. The van der Waals surface area contributed by atoms with Crippen LogP contribution in [0.25, 0.3) is 0 Å². The lowest BCUT2D eigenvalue weighted by atomic mass is 9.81. The molecule has 1 aliphatic rings. The molecule has 1 heterocycles. The fourth-order valence-electron chi connectivity index (χ4n) is 2.87. The molecule has 0 bridgehead atoms. The molecule has 1 N–H and O–H groups in total. The van der Waals surface area contributed by atoms with E-state index >= 15 is 0 Å². The molecule has 1 aromatic rings. The van der Waals surface area contributed by atoms with Crippen molar-refractivity contribution >= 4 is 23.1 Å². The van der Waals surface area contributed by atoms with Gasteiger partial charge in [-0.3, -0.25) is 10.1 Å². The highest BCUT2D eigenvalue weighted by atomic mass is 35.5. The van der Waals surface area contributed by atoms with Crippen molar-refractivity contribution < 1.29 is 4.92 Å². The number of nitrogens with zero attached hydrogens (tertiary/aromatic N) is 2. The minimum Gasteiger partial charge on any atom is -0.369 e. The Morgan fingerprint density at radius 2 is 2.35 bits per heavy atom. The van der Waals surface area contributed by atoms with Crippen LogP contribution in [0.5, 0.6) is 0 Å². The van der Waals surface area contributed by atoms with Gasteiger partial charge in [0.2, 0.25) is 0 Å². The van der Waals surface area contributed by atoms with Crippen LogP contribution in [0.2, 0.25) is 5.02 Å². The molecule has 6 heteroatoms. The zero-order valence-electron chi connectivity index (χ0n) is 11.6. The molecular weight excluding hydrogens is 278 g/mol. The number of nitro groups is 1. The number of nitrogens with one attached hydrogen (secondary N) is 1. The van der Waals surface area contributed by atoms with Gasteiger partial charge in [0.15, 0.2) is 0 Å². The largest absolute Gasteiger partial charge is 0.369 e. The molecule has 2 atom stereocenters. The van der Waals surface area contributed by atoms with Crippen molar-refractivity contribution in [3.8, 4) is 0 Å². The van der Waals surface area contributed by atoms with Crippen LogP contribution in [-0.2, 0) is 0 Å². The van der Waals surface area contributed by atoms with Crippen LogP contribution in [0.4, 0.5) is 11.5 Å². The summed E-state index contributed by atoms with van der Waals surface area (Å²) >= 11 is 5.99. The number of hydrogen-bond acceptors (Lipinski definition) is 4. The quantitative estimate of drug-likeness (QED) is 0.651. The molecule has 20 heavy (non-hydrogen) atoms. The summed E-state index contributed by atoms with van der Waals surface area (Å²) in [5.74, 6) is 2.12. The summed E-state index contributed by atoms with van der Waals surface area (Å²) in [5.41, 5.74) is -0.0818. The van der Waals surface area contributed by atoms with Gasteiger partial charge in [0.1, 0.15) is 12.0 Å². The molecule has 110 valence electrons. The molecule has 1 aliphatic carbocycles. The van der Waals surface area contributed by atoms with Gasteiger partial charge >= 0.3 is 0 Å². The van der Waals surface area contributed by atoms with Crippen molar-refractivity contribution in [2.45, 2.75) is 39.0 Å². The van der Waals surface area contributed by atoms with Gasteiger partial charge in [-0.05, 0) is 24.7 Å². The van der Waals surface area contributed by atoms with Crippen molar-refractivity contribution in [3.63, 3.8) is 0 Å². The van der Waals surface area contributed by atoms with E-state index in [4.69, 9.17) is 11.6 Å². The number of pyridine rings is 1. The molecule has 0 amide bonds. The van der Waals surface area contributed by atoms with Gasteiger partial charge in [0.25, 0.3) is 5.69 Å². The van der Waals surface area contributed by atoms with E-state index in [9.17, 15) is 10.1 Å². The molecule has 2 unspecified atom stereocenters. The number of halogens is 1. The number of rotatable bonds is 5. The first-order valence-corrected chi connectivity index (χ1v) is 7.48. The Bertz CT molecular complexity index is 481. The number of hydrogen-bond donors (Lipinski definition) is 1. The van der Waals surface area contributed by atoms with Crippen LogP contribution >= 0.6 is 11.6 Å². The Labute approximate surface area is 123 Å². The topological polar surface area (TPSA) is 68.1 Å². The van der Waals surface area contributed by atoms with E-state index in [-0.39, 0.29) is 5.69 Å². The highest BCUT2D eigenvalue weighted by Crippen LogP contribution is 2.31. The Balaban J connectivity index is 1.83. The summed E-state index contributed by atoms with van der Waals surface area (Å²) in [5, 5.41) is 14.1. The summed E-state index contributed by atoms with van der Waals surface area (Å²) in [6, 6.07) is 1.33. The van der Waals surface area contributed by atoms with Crippen molar-refractivity contribution in [1.82, 2.24) is 4.98 Å². The average Bonchev–Trinajstić information content (AvgIpc) is 2.40.